The van der Waals surface area contributed by atoms with Crippen molar-refractivity contribution in [3.05, 3.63) is 0 Å². The molecule has 2 aliphatic heterocycles. The quantitative estimate of drug-likeness (QED) is 0.828. The number of hydrogen-bond donors (Lipinski definition) is 1. The van der Waals surface area contributed by atoms with Gasteiger partial charge in [-0.3, -0.25) is 4.79 Å². The predicted octanol–water partition coefficient (Wildman–Crippen LogP) is 1.10. The largest absolute Gasteiger partial charge is 0.450 e. The van der Waals surface area contributed by atoms with Gasteiger partial charge in [-0.25, -0.2) is 4.79 Å². The number of nitrogens with zero attached hydrogens (tertiary/aromatic N) is 2. The van der Waals surface area contributed by atoms with E-state index in [1.807, 2.05) is 4.90 Å². The van der Waals surface area contributed by atoms with Crippen molar-refractivity contribution in [2.24, 2.45) is 5.92 Å². The fourth-order valence-corrected chi connectivity index (χ4v) is 2.85. The first-order valence-corrected chi connectivity index (χ1v) is 7.63. The van der Waals surface area contributed by atoms with Crippen molar-refractivity contribution < 1.29 is 14.3 Å². The van der Waals surface area contributed by atoms with Gasteiger partial charge in [0.1, 0.15) is 0 Å². The Labute approximate surface area is 132 Å². The Morgan fingerprint density at radius 3 is 2.43 bits per heavy atom. The van der Waals surface area contributed by atoms with Crippen molar-refractivity contribution in [2.75, 3.05) is 45.9 Å². The lowest BCUT2D eigenvalue weighted by atomic mass is 9.98. The Balaban J connectivity index is 0.00000220. The average Bonchev–Trinajstić information content (AvgIpc) is 2.76. The van der Waals surface area contributed by atoms with Gasteiger partial charge in [0.25, 0.3) is 0 Å². The Hall–Kier alpha value is -1.01. The summed E-state index contributed by atoms with van der Waals surface area (Å²) in [5, 5.41) is 3.33. The number of hydrogen-bond acceptors (Lipinski definition) is 4. The van der Waals surface area contributed by atoms with Crippen LogP contribution in [0.15, 0.2) is 0 Å². The maximum Gasteiger partial charge on any atom is 0.409 e. The second-order valence-electron chi connectivity index (χ2n) is 5.39. The molecular weight excluding hydrogens is 294 g/mol. The van der Waals surface area contributed by atoms with Crippen LogP contribution in [0.5, 0.6) is 0 Å². The van der Waals surface area contributed by atoms with Gasteiger partial charge >= 0.3 is 6.09 Å². The Bertz CT molecular complexity index is 338. The lowest BCUT2D eigenvalue weighted by Crippen LogP contribution is -2.52. The predicted molar refractivity (Wildman–Crippen MR) is 82.6 cm³/mol. The van der Waals surface area contributed by atoms with Gasteiger partial charge in [-0.2, -0.15) is 0 Å². The molecule has 2 saturated heterocycles. The van der Waals surface area contributed by atoms with E-state index in [2.05, 4.69) is 5.32 Å². The molecule has 1 N–H and O–H groups in total. The van der Waals surface area contributed by atoms with Crippen molar-refractivity contribution in [2.45, 2.75) is 26.2 Å². The lowest BCUT2D eigenvalue weighted by Gasteiger charge is -2.35. The highest BCUT2D eigenvalue weighted by Crippen LogP contribution is 2.18. The molecule has 0 radical (unpaired) electrons. The molecule has 2 rings (SSSR count). The SMILES string of the molecule is CCOC(=O)N1CCN(C(=O)C2CCCNCC2)CC1.Cl. The monoisotopic (exact) mass is 319 g/mol. The zero-order valence-electron chi connectivity index (χ0n) is 12.7. The summed E-state index contributed by atoms with van der Waals surface area (Å²) in [6, 6.07) is 0. The third-order valence-electron chi connectivity index (χ3n) is 4.04. The summed E-state index contributed by atoms with van der Waals surface area (Å²) >= 11 is 0. The summed E-state index contributed by atoms with van der Waals surface area (Å²) in [5.41, 5.74) is 0. The number of carbonyl (C=O) groups is 2. The average molecular weight is 320 g/mol. The molecule has 0 saturated carbocycles. The Morgan fingerprint density at radius 1 is 1.10 bits per heavy atom. The van der Waals surface area contributed by atoms with Gasteiger partial charge in [0.15, 0.2) is 0 Å². The molecule has 2 heterocycles. The molecule has 1 unspecified atom stereocenters. The molecule has 0 aromatic heterocycles. The molecule has 0 aromatic rings. The van der Waals surface area contributed by atoms with Crippen molar-refractivity contribution in [3.8, 4) is 0 Å². The molecule has 0 bridgehead atoms. The van der Waals surface area contributed by atoms with Crippen molar-refractivity contribution in [1.29, 1.82) is 0 Å². The van der Waals surface area contributed by atoms with E-state index in [1.165, 1.54) is 0 Å². The first-order valence-electron chi connectivity index (χ1n) is 7.63. The number of halogens is 1. The molecule has 6 nitrogen and oxygen atoms in total. The zero-order valence-corrected chi connectivity index (χ0v) is 13.5. The van der Waals surface area contributed by atoms with Crippen molar-refractivity contribution in [3.63, 3.8) is 0 Å². The highest BCUT2D eigenvalue weighted by atomic mass is 35.5. The molecule has 21 heavy (non-hydrogen) atoms. The minimum atomic E-state index is -0.265. The van der Waals surface area contributed by atoms with Crippen LogP contribution in [-0.4, -0.2) is 67.7 Å². The van der Waals surface area contributed by atoms with Crippen LogP contribution in [-0.2, 0) is 9.53 Å². The summed E-state index contributed by atoms with van der Waals surface area (Å²) in [6.45, 7) is 6.55. The number of carbonyl (C=O) groups excluding carboxylic acids is 2. The summed E-state index contributed by atoms with van der Waals surface area (Å²) in [7, 11) is 0. The molecule has 0 spiro atoms. The fraction of sp³-hybridized carbons (Fsp3) is 0.857. The second-order valence-corrected chi connectivity index (χ2v) is 5.39. The maximum absolute atomic E-state index is 12.5. The van der Waals surface area contributed by atoms with Crippen LogP contribution >= 0.6 is 12.4 Å². The fourth-order valence-electron chi connectivity index (χ4n) is 2.85. The highest BCUT2D eigenvalue weighted by Gasteiger charge is 2.29. The van der Waals surface area contributed by atoms with Gasteiger partial charge in [-0.05, 0) is 39.3 Å². The van der Waals surface area contributed by atoms with E-state index < -0.39 is 0 Å². The van der Waals surface area contributed by atoms with Crippen LogP contribution < -0.4 is 5.32 Å². The minimum Gasteiger partial charge on any atom is -0.450 e. The molecule has 2 amide bonds. The van der Waals surface area contributed by atoms with E-state index in [4.69, 9.17) is 4.74 Å². The van der Waals surface area contributed by atoms with Crippen LogP contribution in [0, 0.1) is 5.92 Å². The van der Waals surface area contributed by atoms with Gasteiger partial charge in [0.05, 0.1) is 6.61 Å². The Kier molecular flexibility index (Phi) is 7.82. The molecular formula is C14H26ClN3O3. The molecule has 122 valence electrons. The standard InChI is InChI=1S/C14H25N3O3.ClH/c1-2-20-14(19)17-10-8-16(9-11-17)13(18)12-4-3-6-15-7-5-12;/h12,15H,2-11H2,1H3;1H. The molecule has 2 fully saturated rings. The summed E-state index contributed by atoms with van der Waals surface area (Å²) in [6.07, 6.45) is 2.71. The third kappa shape index (κ3) is 5.04. The van der Waals surface area contributed by atoms with Gasteiger partial charge in [0.2, 0.25) is 5.91 Å². The highest BCUT2D eigenvalue weighted by molar-refractivity contribution is 5.85. The first-order chi connectivity index (χ1) is 9.72. The molecule has 7 heteroatoms. The number of piperazine rings is 1. The third-order valence-corrected chi connectivity index (χ3v) is 4.04. The molecule has 0 aromatic carbocycles. The summed E-state index contributed by atoms with van der Waals surface area (Å²) in [4.78, 5) is 27.7. The lowest BCUT2D eigenvalue weighted by molar-refractivity contribution is -0.137. The normalized spacial score (nSPS) is 23.0. The summed E-state index contributed by atoms with van der Waals surface area (Å²) < 4.78 is 4.99. The Morgan fingerprint density at radius 2 is 1.76 bits per heavy atom. The van der Waals surface area contributed by atoms with E-state index in [1.54, 1.807) is 11.8 Å². The molecule has 0 aliphatic carbocycles. The van der Waals surface area contributed by atoms with Crippen LogP contribution in [0.1, 0.15) is 26.2 Å². The first kappa shape index (κ1) is 18.0. The topological polar surface area (TPSA) is 61.9 Å². The number of nitrogens with one attached hydrogen (secondary N) is 1. The van der Waals surface area contributed by atoms with E-state index in [0.29, 0.717) is 32.8 Å². The summed E-state index contributed by atoms with van der Waals surface area (Å²) in [5.74, 6) is 0.413. The van der Waals surface area contributed by atoms with Gasteiger partial charge in [-0.1, -0.05) is 0 Å². The number of ether oxygens (including phenoxy) is 1. The number of rotatable bonds is 2. The van der Waals surface area contributed by atoms with E-state index in [0.717, 1.165) is 32.4 Å². The maximum atomic E-state index is 12.5. The smallest absolute Gasteiger partial charge is 0.409 e. The van der Waals surface area contributed by atoms with Crippen LogP contribution in [0.25, 0.3) is 0 Å². The number of amides is 2. The second kappa shape index (κ2) is 9.10. The van der Waals surface area contributed by atoms with E-state index >= 15 is 0 Å². The molecule has 2 aliphatic rings. The van der Waals surface area contributed by atoms with Gasteiger partial charge in [-0.15, -0.1) is 12.4 Å². The van der Waals surface area contributed by atoms with Crippen LogP contribution in [0.4, 0.5) is 4.79 Å². The minimum absolute atomic E-state index is 0. The van der Waals surface area contributed by atoms with Gasteiger partial charge in [0, 0.05) is 32.1 Å². The van der Waals surface area contributed by atoms with Gasteiger partial charge < -0.3 is 19.9 Å². The van der Waals surface area contributed by atoms with E-state index in [9.17, 15) is 9.59 Å². The van der Waals surface area contributed by atoms with E-state index in [-0.39, 0.29) is 30.3 Å². The van der Waals surface area contributed by atoms with Crippen LogP contribution in [0.2, 0.25) is 0 Å². The van der Waals surface area contributed by atoms with Crippen molar-refractivity contribution in [1.82, 2.24) is 15.1 Å². The van der Waals surface area contributed by atoms with Crippen LogP contribution in [0.3, 0.4) is 0 Å². The van der Waals surface area contributed by atoms with Crippen molar-refractivity contribution >= 4 is 24.4 Å². The molecule has 1 atom stereocenters. The zero-order chi connectivity index (χ0) is 14.4.